The van der Waals surface area contributed by atoms with Crippen LogP contribution in [0.5, 0.6) is 5.75 Å². The smallest absolute Gasteiger partial charge is 0.265 e. The Kier molecular flexibility index (Phi) is 5.82. The van der Waals surface area contributed by atoms with Crippen LogP contribution < -0.4 is 15.0 Å². The first kappa shape index (κ1) is 17.6. The molecule has 2 aromatic carbocycles. The molecule has 0 radical (unpaired) electrons. The van der Waals surface area contributed by atoms with Crippen molar-refractivity contribution in [2.45, 2.75) is 32.3 Å². The van der Waals surface area contributed by atoms with Gasteiger partial charge in [-0.1, -0.05) is 30.7 Å². The molecule has 1 fully saturated rings. The molecule has 0 saturated carbocycles. The molecule has 3 rings (SSSR count). The van der Waals surface area contributed by atoms with E-state index in [-0.39, 0.29) is 5.91 Å². The molecule has 0 unspecified atom stereocenters. The average Bonchev–Trinajstić information content (AvgIpc) is 3.16. The van der Waals surface area contributed by atoms with Gasteiger partial charge in [-0.15, -0.1) is 0 Å². The molecular weight excluding hydrogens is 336 g/mol. The Balaban J connectivity index is 1.62. The van der Waals surface area contributed by atoms with Gasteiger partial charge in [-0.05, 0) is 55.7 Å². The van der Waals surface area contributed by atoms with Crippen molar-refractivity contribution < 1.29 is 9.53 Å². The van der Waals surface area contributed by atoms with E-state index in [1.807, 2.05) is 31.2 Å². The largest absolute Gasteiger partial charge is 0.479 e. The summed E-state index contributed by atoms with van der Waals surface area (Å²) in [6.45, 7) is 4.13. The number of carbonyl (C=O) groups excluding carboxylic acids is 1. The number of anilines is 2. The molecule has 1 amide bonds. The molecule has 0 aromatic heterocycles. The molecule has 1 aliphatic rings. The number of ether oxygens (including phenoxy) is 1. The second-order valence-electron chi connectivity index (χ2n) is 6.18. The number of nitrogens with one attached hydrogen (secondary N) is 1. The maximum atomic E-state index is 12.5. The highest BCUT2D eigenvalue weighted by Gasteiger charge is 2.20. The van der Waals surface area contributed by atoms with Gasteiger partial charge in [-0.2, -0.15) is 0 Å². The quantitative estimate of drug-likeness (QED) is 0.811. The summed E-state index contributed by atoms with van der Waals surface area (Å²) in [6, 6.07) is 15.2. The lowest BCUT2D eigenvalue weighted by molar-refractivity contribution is -0.122. The number of carbonyl (C=O) groups is 1. The van der Waals surface area contributed by atoms with Crippen LogP contribution in [-0.2, 0) is 4.79 Å². The number of halogens is 1. The van der Waals surface area contributed by atoms with Crippen molar-refractivity contribution in [1.82, 2.24) is 0 Å². The van der Waals surface area contributed by atoms with E-state index in [4.69, 9.17) is 16.3 Å². The fourth-order valence-corrected chi connectivity index (χ4v) is 3.15. The highest BCUT2D eigenvalue weighted by molar-refractivity contribution is 6.32. The van der Waals surface area contributed by atoms with Crippen molar-refractivity contribution in [1.29, 1.82) is 0 Å². The van der Waals surface area contributed by atoms with Gasteiger partial charge in [0.1, 0.15) is 5.75 Å². The first-order chi connectivity index (χ1) is 12.2. The lowest BCUT2D eigenvalue weighted by Gasteiger charge is -2.19. The van der Waals surface area contributed by atoms with Crippen LogP contribution in [0.25, 0.3) is 0 Å². The summed E-state index contributed by atoms with van der Waals surface area (Å²) < 4.78 is 5.78. The van der Waals surface area contributed by atoms with Gasteiger partial charge in [0.2, 0.25) is 0 Å². The predicted molar refractivity (Wildman–Crippen MR) is 103 cm³/mol. The maximum Gasteiger partial charge on any atom is 0.265 e. The Labute approximate surface area is 153 Å². The van der Waals surface area contributed by atoms with Gasteiger partial charge >= 0.3 is 0 Å². The van der Waals surface area contributed by atoms with Gasteiger partial charge in [0.15, 0.2) is 6.10 Å². The standard InChI is InChI=1S/C20H23ClN2O2/c1-2-18(25-19-8-4-3-7-17(19)21)20(24)22-15-9-11-16(12-10-15)23-13-5-6-14-23/h3-4,7-12,18H,2,5-6,13-14H2,1H3,(H,22,24)/t18-/m1/s1. The van der Waals surface area contributed by atoms with Crippen LogP contribution in [0.2, 0.25) is 5.02 Å². The van der Waals surface area contributed by atoms with Crippen molar-refractivity contribution in [2.24, 2.45) is 0 Å². The lowest BCUT2D eigenvalue weighted by Crippen LogP contribution is -2.32. The zero-order valence-electron chi connectivity index (χ0n) is 14.4. The monoisotopic (exact) mass is 358 g/mol. The second kappa shape index (κ2) is 8.26. The Hall–Kier alpha value is -2.20. The highest BCUT2D eigenvalue weighted by atomic mass is 35.5. The Morgan fingerprint density at radius 1 is 1.16 bits per heavy atom. The van der Waals surface area contributed by atoms with Crippen LogP contribution in [0.15, 0.2) is 48.5 Å². The maximum absolute atomic E-state index is 12.5. The summed E-state index contributed by atoms with van der Waals surface area (Å²) in [5.41, 5.74) is 1.98. The molecule has 0 bridgehead atoms. The van der Waals surface area contributed by atoms with E-state index >= 15 is 0 Å². The molecule has 0 aliphatic carbocycles. The van der Waals surface area contributed by atoms with E-state index in [9.17, 15) is 4.79 Å². The first-order valence-corrected chi connectivity index (χ1v) is 9.12. The Morgan fingerprint density at radius 3 is 2.48 bits per heavy atom. The minimum absolute atomic E-state index is 0.170. The summed E-state index contributed by atoms with van der Waals surface area (Å²) >= 11 is 6.11. The van der Waals surface area contributed by atoms with Crippen molar-refractivity contribution in [3.8, 4) is 5.75 Å². The number of hydrogen-bond acceptors (Lipinski definition) is 3. The van der Waals surface area contributed by atoms with Crippen LogP contribution >= 0.6 is 11.6 Å². The molecule has 25 heavy (non-hydrogen) atoms. The summed E-state index contributed by atoms with van der Waals surface area (Å²) in [6.07, 6.45) is 2.47. The minimum Gasteiger partial charge on any atom is -0.479 e. The van der Waals surface area contributed by atoms with E-state index in [1.165, 1.54) is 18.5 Å². The fourth-order valence-electron chi connectivity index (χ4n) is 2.97. The zero-order chi connectivity index (χ0) is 17.6. The number of nitrogens with zero attached hydrogens (tertiary/aromatic N) is 1. The molecule has 132 valence electrons. The van der Waals surface area contributed by atoms with Crippen LogP contribution in [0.4, 0.5) is 11.4 Å². The van der Waals surface area contributed by atoms with Gasteiger partial charge < -0.3 is 15.0 Å². The third-order valence-corrected chi connectivity index (χ3v) is 4.69. The van der Waals surface area contributed by atoms with Crippen molar-refractivity contribution >= 4 is 28.9 Å². The van der Waals surface area contributed by atoms with Crippen molar-refractivity contribution in [2.75, 3.05) is 23.3 Å². The topological polar surface area (TPSA) is 41.6 Å². The molecule has 2 aromatic rings. The van der Waals surface area contributed by atoms with Crippen LogP contribution in [0.1, 0.15) is 26.2 Å². The van der Waals surface area contributed by atoms with Crippen LogP contribution in [0.3, 0.4) is 0 Å². The summed E-state index contributed by atoms with van der Waals surface area (Å²) in [7, 11) is 0. The normalized spacial score (nSPS) is 15.0. The zero-order valence-corrected chi connectivity index (χ0v) is 15.1. The molecular formula is C20H23ClN2O2. The molecule has 5 heteroatoms. The third-order valence-electron chi connectivity index (χ3n) is 4.38. The molecule has 1 atom stereocenters. The molecule has 0 spiro atoms. The van der Waals surface area contributed by atoms with Gasteiger partial charge in [0.25, 0.3) is 5.91 Å². The number of rotatable bonds is 6. The van der Waals surface area contributed by atoms with Crippen molar-refractivity contribution in [3.63, 3.8) is 0 Å². The van der Waals surface area contributed by atoms with Crippen LogP contribution in [-0.4, -0.2) is 25.1 Å². The lowest BCUT2D eigenvalue weighted by atomic mass is 10.2. The minimum atomic E-state index is -0.585. The number of para-hydroxylation sites is 1. The van der Waals surface area contributed by atoms with E-state index in [0.717, 1.165) is 18.8 Å². The van der Waals surface area contributed by atoms with E-state index < -0.39 is 6.10 Å². The fraction of sp³-hybridized carbons (Fsp3) is 0.350. The van der Waals surface area contributed by atoms with Gasteiger partial charge in [0.05, 0.1) is 5.02 Å². The molecule has 1 N–H and O–H groups in total. The van der Waals surface area contributed by atoms with Crippen LogP contribution in [0, 0.1) is 0 Å². The third kappa shape index (κ3) is 4.45. The van der Waals surface area contributed by atoms with E-state index in [2.05, 4.69) is 22.3 Å². The summed E-state index contributed by atoms with van der Waals surface area (Å²) in [5.74, 6) is 0.354. The van der Waals surface area contributed by atoms with Gasteiger partial charge in [-0.3, -0.25) is 4.79 Å². The molecule has 4 nitrogen and oxygen atoms in total. The number of amides is 1. The Morgan fingerprint density at radius 2 is 1.84 bits per heavy atom. The second-order valence-corrected chi connectivity index (χ2v) is 6.58. The molecule has 1 heterocycles. The molecule has 1 aliphatic heterocycles. The highest BCUT2D eigenvalue weighted by Crippen LogP contribution is 2.26. The SMILES string of the molecule is CC[C@@H](Oc1ccccc1Cl)C(=O)Nc1ccc(N2CCCC2)cc1. The summed E-state index contributed by atoms with van der Waals surface area (Å²) in [4.78, 5) is 14.9. The number of hydrogen-bond donors (Lipinski definition) is 1. The molecule has 1 saturated heterocycles. The van der Waals surface area contributed by atoms with E-state index in [1.54, 1.807) is 12.1 Å². The average molecular weight is 359 g/mol. The Bertz CT molecular complexity index is 712. The van der Waals surface area contributed by atoms with E-state index in [0.29, 0.717) is 17.2 Å². The van der Waals surface area contributed by atoms with Crippen molar-refractivity contribution in [3.05, 3.63) is 53.6 Å². The van der Waals surface area contributed by atoms with Gasteiger partial charge in [0, 0.05) is 24.5 Å². The summed E-state index contributed by atoms with van der Waals surface area (Å²) in [5, 5.41) is 3.43. The first-order valence-electron chi connectivity index (χ1n) is 8.74. The number of benzene rings is 2. The van der Waals surface area contributed by atoms with Gasteiger partial charge in [-0.25, -0.2) is 0 Å². The predicted octanol–water partition coefficient (Wildman–Crippen LogP) is 4.74.